The van der Waals surface area contributed by atoms with E-state index in [0.717, 1.165) is 12.8 Å². The van der Waals surface area contributed by atoms with Crippen LogP contribution in [-0.4, -0.2) is 35.0 Å². The number of hydrogen-bond acceptors (Lipinski definition) is 2. The largest absolute Gasteiger partial charge is 0.481 e. The van der Waals surface area contributed by atoms with Gasteiger partial charge in [0.05, 0.1) is 5.92 Å². The number of carbonyl (C=O) groups excluding carboxylic acids is 1. The number of carboxylic acid groups (broad SMARTS) is 1. The van der Waals surface area contributed by atoms with E-state index in [0.29, 0.717) is 38.3 Å². The van der Waals surface area contributed by atoms with Crippen LogP contribution in [0.15, 0.2) is 0 Å². The van der Waals surface area contributed by atoms with E-state index >= 15 is 0 Å². The highest BCUT2D eigenvalue weighted by atomic mass is 16.4. The normalized spacial score (nSPS) is 17.5. The zero-order valence-corrected chi connectivity index (χ0v) is 10.8. The maximum atomic E-state index is 12.0. The van der Waals surface area contributed by atoms with Gasteiger partial charge in [0.2, 0.25) is 5.91 Å². The summed E-state index contributed by atoms with van der Waals surface area (Å²) in [4.78, 5) is 24.6. The minimum atomic E-state index is -0.725. The van der Waals surface area contributed by atoms with Crippen molar-refractivity contribution in [2.45, 2.75) is 46.0 Å². The van der Waals surface area contributed by atoms with Crippen LogP contribution in [0.25, 0.3) is 0 Å². The van der Waals surface area contributed by atoms with Crippen LogP contribution in [0.5, 0.6) is 0 Å². The molecule has 0 atom stereocenters. The summed E-state index contributed by atoms with van der Waals surface area (Å²) in [5.74, 6) is -0.313. The van der Waals surface area contributed by atoms with Crippen molar-refractivity contribution in [3.63, 3.8) is 0 Å². The molecule has 1 amide bonds. The molecule has 1 fully saturated rings. The maximum Gasteiger partial charge on any atom is 0.306 e. The number of rotatable bonds is 5. The van der Waals surface area contributed by atoms with E-state index in [9.17, 15) is 9.59 Å². The Balaban J connectivity index is 2.38. The summed E-state index contributed by atoms with van der Waals surface area (Å²) < 4.78 is 0. The number of nitrogens with zero attached hydrogens (tertiary/aromatic N) is 1. The first-order valence-corrected chi connectivity index (χ1v) is 6.59. The quantitative estimate of drug-likeness (QED) is 0.802. The van der Waals surface area contributed by atoms with Gasteiger partial charge in [-0.3, -0.25) is 9.59 Å². The maximum absolute atomic E-state index is 12.0. The summed E-state index contributed by atoms with van der Waals surface area (Å²) in [7, 11) is 0. The fourth-order valence-electron chi connectivity index (χ4n) is 2.33. The van der Waals surface area contributed by atoms with Crippen LogP contribution in [0.1, 0.15) is 46.0 Å². The van der Waals surface area contributed by atoms with E-state index in [1.165, 1.54) is 0 Å². The predicted molar refractivity (Wildman–Crippen MR) is 65.6 cm³/mol. The van der Waals surface area contributed by atoms with Crippen molar-refractivity contribution in [3.05, 3.63) is 0 Å². The molecule has 0 radical (unpaired) electrons. The second-order valence-electron chi connectivity index (χ2n) is 4.88. The lowest BCUT2D eigenvalue weighted by Crippen LogP contribution is -2.40. The molecule has 0 aromatic carbocycles. The Morgan fingerprint density at radius 2 is 1.76 bits per heavy atom. The topological polar surface area (TPSA) is 57.6 Å². The second-order valence-corrected chi connectivity index (χ2v) is 4.88. The van der Waals surface area contributed by atoms with E-state index < -0.39 is 5.97 Å². The van der Waals surface area contributed by atoms with Gasteiger partial charge in [-0.2, -0.15) is 0 Å². The summed E-state index contributed by atoms with van der Waals surface area (Å²) in [5.41, 5.74) is 0. The van der Waals surface area contributed by atoms with Gasteiger partial charge in [0.1, 0.15) is 0 Å². The molecule has 0 unspecified atom stereocenters. The monoisotopic (exact) mass is 241 g/mol. The van der Waals surface area contributed by atoms with Crippen molar-refractivity contribution >= 4 is 11.9 Å². The molecule has 0 spiro atoms. The molecule has 1 N–H and O–H groups in total. The molecule has 0 bridgehead atoms. The Morgan fingerprint density at radius 3 is 2.18 bits per heavy atom. The third kappa shape index (κ3) is 4.02. The molecular weight excluding hydrogens is 218 g/mol. The van der Waals surface area contributed by atoms with Crippen molar-refractivity contribution in [3.8, 4) is 0 Å². The molecular formula is C13H23NO3. The van der Waals surface area contributed by atoms with Crippen LogP contribution in [0.3, 0.4) is 0 Å². The summed E-state index contributed by atoms with van der Waals surface area (Å²) >= 11 is 0. The van der Waals surface area contributed by atoms with Gasteiger partial charge in [0, 0.05) is 19.5 Å². The summed E-state index contributed by atoms with van der Waals surface area (Å²) in [5, 5.41) is 8.88. The molecule has 1 rings (SSSR count). The first kappa shape index (κ1) is 14.0. The number of hydrogen-bond donors (Lipinski definition) is 1. The van der Waals surface area contributed by atoms with Crippen LogP contribution in [0.4, 0.5) is 0 Å². The van der Waals surface area contributed by atoms with Crippen LogP contribution in [0.2, 0.25) is 0 Å². The molecule has 4 nitrogen and oxygen atoms in total. The number of carbonyl (C=O) groups is 2. The van der Waals surface area contributed by atoms with Gasteiger partial charge >= 0.3 is 5.97 Å². The van der Waals surface area contributed by atoms with Gasteiger partial charge < -0.3 is 10.0 Å². The Bertz CT molecular complexity index is 266. The van der Waals surface area contributed by atoms with E-state index in [4.69, 9.17) is 5.11 Å². The fraction of sp³-hybridized carbons (Fsp3) is 0.846. The van der Waals surface area contributed by atoms with Crippen molar-refractivity contribution in [1.29, 1.82) is 0 Å². The minimum absolute atomic E-state index is 0.197. The Labute approximate surface area is 103 Å². The lowest BCUT2D eigenvalue weighted by Gasteiger charge is -2.31. The second kappa shape index (κ2) is 6.62. The van der Waals surface area contributed by atoms with Crippen LogP contribution >= 0.6 is 0 Å². The average Bonchev–Trinajstić information content (AvgIpc) is 2.35. The van der Waals surface area contributed by atoms with E-state index in [1.54, 1.807) is 0 Å². The van der Waals surface area contributed by atoms with Gasteiger partial charge in [0.25, 0.3) is 0 Å². The number of piperidine rings is 1. The number of amides is 1. The highest BCUT2D eigenvalue weighted by Crippen LogP contribution is 2.20. The fourth-order valence-corrected chi connectivity index (χ4v) is 2.33. The summed E-state index contributed by atoms with van der Waals surface area (Å²) in [6, 6.07) is 0. The van der Waals surface area contributed by atoms with E-state index in [2.05, 4.69) is 13.8 Å². The van der Waals surface area contributed by atoms with Gasteiger partial charge in [0.15, 0.2) is 0 Å². The van der Waals surface area contributed by atoms with E-state index in [1.807, 2.05) is 4.90 Å². The van der Waals surface area contributed by atoms with Crippen molar-refractivity contribution in [2.75, 3.05) is 13.1 Å². The highest BCUT2D eigenvalue weighted by Gasteiger charge is 2.27. The third-order valence-corrected chi connectivity index (χ3v) is 3.81. The highest BCUT2D eigenvalue weighted by molar-refractivity contribution is 5.77. The molecule has 1 aliphatic heterocycles. The molecule has 0 aromatic heterocycles. The standard InChI is InChI=1S/C13H23NO3/c1-3-10(4-2)9-12(15)14-7-5-11(6-8-14)13(16)17/h10-11H,3-9H2,1-2H3,(H,16,17). The van der Waals surface area contributed by atoms with Gasteiger partial charge in [-0.15, -0.1) is 0 Å². The lowest BCUT2D eigenvalue weighted by atomic mass is 9.95. The van der Waals surface area contributed by atoms with Crippen molar-refractivity contribution < 1.29 is 14.7 Å². The van der Waals surface area contributed by atoms with Crippen molar-refractivity contribution in [1.82, 2.24) is 4.90 Å². The van der Waals surface area contributed by atoms with Gasteiger partial charge in [-0.05, 0) is 18.8 Å². The smallest absolute Gasteiger partial charge is 0.306 e. The molecule has 4 heteroatoms. The molecule has 0 saturated carbocycles. The van der Waals surface area contributed by atoms with Crippen LogP contribution in [0, 0.1) is 11.8 Å². The van der Waals surface area contributed by atoms with E-state index in [-0.39, 0.29) is 11.8 Å². The first-order chi connectivity index (χ1) is 8.08. The third-order valence-electron chi connectivity index (χ3n) is 3.81. The lowest BCUT2D eigenvalue weighted by molar-refractivity contribution is -0.145. The Hall–Kier alpha value is -1.06. The minimum Gasteiger partial charge on any atom is -0.481 e. The van der Waals surface area contributed by atoms with Crippen LogP contribution < -0.4 is 0 Å². The molecule has 1 saturated heterocycles. The molecule has 17 heavy (non-hydrogen) atoms. The molecule has 0 aromatic rings. The zero-order chi connectivity index (χ0) is 12.8. The first-order valence-electron chi connectivity index (χ1n) is 6.59. The average molecular weight is 241 g/mol. The molecule has 98 valence electrons. The molecule has 1 aliphatic rings. The number of aliphatic carboxylic acids is 1. The van der Waals surface area contributed by atoms with Crippen molar-refractivity contribution in [2.24, 2.45) is 11.8 Å². The zero-order valence-electron chi connectivity index (χ0n) is 10.8. The SMILES string of the molecule is CCC(CC)CC(=O)N1CCC(C(=O)O)CC1. The van der Waals surface area contributed by atoms with Crippen LogP contribution in [-0.2, 0) is 9.59 Å². The van der Waals surface area contributed by atoms with Gasteiger partial charge in [-0.1, -0.05) is 26.7 Å². The molecule has 1 heterocycles. The Kier molecular flexibility index (Phi) is 5.45. The van der Waals surface area contributed by atoms with Gasteiger partial charge in [-0.25, -0.2) is 0 Å². The summed E-state index contributed by atoms with van der Waals surface area (Å²) in [6.45, 7) is 5.43. The predicted octanol–water partition coefficient (Wildman–Crippen LogP) is 2.14. The molecule has 0 aliphatic carbocycles. The summed E-state index contributed by atoms with van der Waals surface area (Å²) in [6.07, 6.45) is 3.89. The number of carboxylic acids is 1. The Morgan fingerprint density at radius 1 is 1.24 bits per heavy atom. The number of likely N-dealkylation sites (tertiary alicyclic amines) is 1.